The highest BCUT2D eigenvalue weighted by molar-refractivity contribution is 5.92. The van der Waals surface area contributed by atoms with Crippen LogP contribution in [0.2, 0.25) is 0 Å². The Morgan fingerprint density at radius 2 is 2.05 bits per heavy atom. The van der Waals surface area contributed by atoms with Crippen molar-refractivity contribution >= 4 is 11.9 Å². The van der Waals surface area contributed by atoms with Gasteiger partial charge < -0.3 is 9.47 Å². The summed E-state index contributed by atoms with van der Waals surface area (Å²) in [7, 11) is 1.56. The average Bonchev–Trinajstić information content (AvgIpc) is 2.38. The van der Waals surface area contributed by atoms with Gasteiger partial charge >= 0.3 is 0 Å². The maximum atomic E-state index is 10.8. The molecule has 1 aromatic carbocycles. The van der Waals surface area contributed by atoms with Gasteiger partial charge in [-0.15, -0.1) is 0 Å². The number of hydrogen-bond acceptors (Lipinski definition) is 4. The van der Waals surface area contributed by atoms with Gasteiger partial charge in [-0.25, -0.2) is 4.99 Å². The molecule has 0 aromatic heterocycles. The number of carbonyl (C=O) groups is 1. The van der Waals surface area contributed by atoms with Crippen LogP contribution in [-0.2, 0) is 9.53 Å². The third-order valence-electron chi connectivity index (χ3n) is 2.36. The third kappa shape index (κ3) is 5.90. The highest BCUT2D eigenvalue weighted by Gasteiger charge is 2.02. The molecule has 1 aromatic rings. The van der Waals surface area contributed by atoms with E-state index in [2.05, 4.69) is 10.3 Å². The highest BCUT2D eigenvalue weighted by Crippen LogP contribution is 2.15. The number of aliphatic imine (C=N–C) groups is 1. The van der Waals surface area contributed by atoms with Gasteiger partial charge in [0, 0.05) is 20.4 Å². The zero-order valence-corrected chi connectivity index (χ0v) is 11.6. The number of nitrogens with zero attached hydrogens (tertiary/aromatic N) is 1. The number of rotatable bonds is 5. The molecule has 5 heteroatoms. The van der Waals surface area contributed by atoms with Gasteiger partial charge in [0.05, 0.1) is 13.2 Å². The predicted octanol–water partition coefficient (Wildman–Crippen LogP) is 1.90. The van der Waals surface area contributed by atoms with Gasteiger partial charge in [0.25, 0.3) is 6.02 Å². The minimum absolute atomic E-state index is 0.197. The number of amides is 1. The molecule has 0 aliphatic heterocycles. The fourth-order valence-corrected chi connectivity index (χ4v) is 1.44. The number of benzene rings is 1. The molecule has 0 radical (unpaired) electrons. The van der Waals surface area contributed by atoms with E-state index < -0.39 is 0 Å². The second kappa shape index (κ2) is 8.13. The molecule has 0 atom stereocenters. The lowest BCUT2D eigenvalue weighted by atomic mass is 10.2. The fourth-order valence-electron chi connectivity index (χ4n) is 1.44. The Morgan fingerprint density at radius 3 is 2.68 bits per heavy atom. The normalized spacial score (nSPS) is 11.0. The lowest BCUT2D eigenvalue weighted by molar-refractivity contribution is -0.117. The molecule has 0 saturated heterocycles. The zero-order chi connectivity index (χ0) is 14.1. The third-order valence-corrected chi connectivity index (χ3v) is 2.36. The Morgan fingerprint density at radius 1 is 1.32 bits per heavy atom. The Hall–Kier alpha value is -2.04. The molecule has 1 rings (SSSR count). The average molecular weight is 264 g/mol. The van der Waals surface area contributed by atoms with E-state index in [-0.39, 0.29) is 11.9 Å². The summed E-state index contributed by atoms with van der Waals surface area (Å²) < 4.78 is 10.9. The molecule has 0 unspecified atom stereocenters. The van der Waals surface area contributed by atoms with Crippen LogP contribution in [-0.4, -0.2) is 32.2 Å². The van der Waals surface area contributed by atoms with Gasteiger partial charge in [-0.3, -0.25) is 10.1 Å². The van der Waals surface area contributed by atoms with Gasteiger partial charge in [0.15, 0.2) is 0 Å². The smallest absolute Gasteiger partial charge is 0.291 e. The van der Waals surface area contributed by atoms with E-state index in [1.54, 1.807) is 7.05 Å². The van der Waals surface area contributed by atoms with E-state index in [9.17, 15) is 4.79 Å². The van der Waals surface area contributed by atoms with Gasteiger partial charge in [0.1, 0.15) is 5.75 Å². The summed E-state index contributed by atoms with van der Waals surface area (Å²) in [4.78, 5) is 14.6. The number of amidine groups is 1. The first kappa shape index (κ1) is 15.0. The van der Waals surface area contributed by atoms with Crippen LogP contribution in [0.1, 0.15) is 18.9 Å². The molecule has 0 aliphatic carbocycles. The number of ether oxygens (including phenoxy) is 2. The Kier molecular flexibility index (Phi) is 6.43. The maximum absolute atomic E-state index is 10.8. The largest absolute Gasteiger partial charge is 0.493 e. The van der Waals surface area contributed by atoms with E-state index >= 15 is 0 Å². The monoisotopic (exact) mass is 264 g/mol. The van der Waals surface area contributed by atoms with Crippen molar-refractivity contribution in [3.05, 3.63) is 29.8 Å². The van der Waals surface area contributed by atoms with Crippen molar-refractivity contribution in [1.29, 1.82) is 0 Å². The molecule has 0 aliphatic rings. The molecule has 1 amide bonds. The standard InChI is InChI=1S/C14H20N2O3/c1-11-7-4-5-8-13(11)18-9-6-10-19-14(15-3)16-12(2)17/h4-5,7-8H,6,9-10H2,1-3H3,(H,15,16,17). The predicted molar refractivity (Wildman–Crippen MR) is 74.4 cm³/mol. The quantitative estimate of drug-likeness (QED) is 0.502. The molecule has 104 valence electrons. The Labute approximate surface area is 113 Å². The molecule has 5 nitrogen and oxygen atoms in total. The zero-order valence-electron chi connectivity index (χ0n) is 11.6. The van der Waals surface area contributed by atoms with Gasteiger partial charge in [-0.05, 0) is 18.6 Å². The molecule has 0 heterocycles. The molecule has 19 heavy (non-hydrogen) atoms. The van der Waals surface area contributed by atoms with E-state index in [1.165, 1.54) is 6.92 Å². The van der Waals surface area contributed by atoms with Crippen molar-refractivity contribution in [2.75, 3.05) is 20.3 Å². The van der Waals surface area contributed by atoms with E-state index in [1.807, 2.05) is 31.2 Å². The van der Waals surface area contributed by atoms with Crippen LogP contribution in [0.3, 0.4) is 0 Å². The minimum Gasteiger partial charge on any atom is -0.493 e. The summed E-state index contributed by atoms with van der Waals surface area (Å²) in [6.45, 7) is 4.42. The summed E-state index contributed by atoms with van der Waals surface area (Å²) in [5, 5.41) is 2.50. The molecular formula is C14H20N2O3. The summed E-state index contributed by atoms with van der Waals surface area (Å²) in [5.74, 6) is 0.686. The molecular weight excluding hydrogens is 244 g/mol. The second-order valence-corrected chi connectivity index (χ2v) is 4.03. The first-order valence-electron chi connectivity index (χ1n) is 6.19. The van der Waals surface area contributed by atoms with Crippen molar-refractivity contribution in [2.45, 2.75) is 20.3 Å². The van der Waals surface area contributed by atoms with Crippen LogP contribution in [0.25, 0.3) is 0 Å². The fraction of sp³-hybridized carbons (Fsp3) is 0.429. The first-order chi connectivity index (χ1) is 9.13. The summed E-state index contributed by atoms with van der Waals surface area (Å²) >= 11 is 0. The van der Waals surface area contributed by atoms with Crippen LogP contribution in [0.15, 0.2) is 29.3 Å². The minimum atomic E-state index is -0.197. The van der Waals surface area contributed by atoms with Crippen LogP contribution in [0.4, 0.5) is 0 Å². The maximum Gasteiger partial charge on any atom is 0.291 e. The second-order valence-electron chi connectivity index (χ2n) is 4.03. The van der Waals surface area contributed by atoms with Gasteiger partial charge in [-0.1, -0.05) is 18.2 Å². The molecule has 0 spiro atoms. The summed E-state index contributed by atoms with van der Waals surface area (Å²) in [6, 6.07) is 8.10. The number of para-hydroxylation sites is 1. The SMILES string of the molecule is CN=C(NC(C)=O)OCCCOc1ccccc1C. The number of carbonyl (C=O) groups excluding carboxylic acids is 1. The Balaban J connectivity index is 2.21. The van der Waals surface area contributed by atoms with E-state index in [0.29, 0.717) is 19.6 Å². The summed E-state index contributed by atoms with van der Waals surface area (Å²) in [5.41, 5.74) is 1.11. The molecule has 0 fully saturated rings. The molecule has 1 N–H and O–H groups in total. The Bertz CT molecular complexity index is 444. The number of aryl methyl sites for hydroxylation is 1. The lowest BCUT2D eigenvalue weighted by Gasteiger charge is -2.10. The highest BCUT2D eigenvalue weighted by atomic mass is 16.5. The van der Waals surface area contributed by atoms with Crippen LogP contribution in [0, 0.1) is 6.92 Å². The summed E-state index contributed by atoms with van der Waals surface area (Å²) in [6.07, 6.45) is 0.715. The van der Waals surface area contributed by atoms with Crippen molar-refractivity contribution in [3.63, 3.8) is 0 Å². The van der Waals surface area contributed by atoms with E-state index in [4.69, 9.17) is 9.47 Å². The van der Waals surface area contributed by atoms with Crippen molar-refractivity contribution in [3.8, 4) is 5.75 Å². The van der Waals surface area contributed by atoms with E-state index in [0.717, 1.165) is 11.3 Å². The van der Waals surface area contributed by atoms with Crippen LogP contribution in [0.5, 0.6) is 5.75 Å². The van der Waals surface area contributed by atoms with Crippen LogP contribution < -0.4 is 10.1 Å². The topological polar surface area (TPSA) is 59.9 Å². The first-order valence-corrected chi connectivity index (χ1v) is 6.19. The van der Waals surface area contributed by atoms with Gasteiger partial charge in [-0.2, -0.15) is 0 Å². The number of hydrogen-bond donors (Lipinski definition) is 1. The van der Waals surface area contributed by atoms with Crippen LogP contribution >= 0.6 is 0 Å². The lowest BCUT2D eigenvalue weighted by Crippen LogP contribution is -2.30. The van der Waals surface area contributed by atoms with Crippen molar-refractivity contribution in [2.24, 2.45) is 4.99 Å². The number of nitrogens with one attached hydrogen (secondary N) is 1. The van der Waals surface area contributed by atoms with Gasteiger partial charge in [0.2, 0.25) is 5.91 Å². The molecule has 0 saturated carbocycles. The van der Waals surface area contributed by atoms with Crippen molar-refractivity contribution in [1.82, 2.24) is 5.32 Å². The van der Waals surface area contributed by atoms with Crippen molar-refractivity contribution < 1.29 is 14.3 Å². The molecule has 0 bridgehead atoms.